The van der Waals surface area contributed by atoms with Gasteiger partial charge in [-0.25, -0.2) is 9.97 Å². The SMILES string of the molecule is COc1ccccc1-c1cnncc1C(=O)Nc1nc2ccc(-c3c(C)cc(C#N)cc3C)nc2s1. The number of para-hydroxylation sites is 1. The average molecular weight is 493 g/mol. The number of nitriles is 1. The predicted molar refractivity (Wildman–Crippen MR) is 139 cm³/mol. The molecule has 0 aliphatic carbocycles. The number of hydrogen-bond acceptors (Lipinski definition) is 8. The number of pyridine rings is 1. The van der Waals surface area contributed by atoms with Crippen LogP contribution in [0.2, 0.25) is 0 Å². The number of thiazole rings is 1. The number of anilines is 1. The number of aromatic nitrogens is 4. The number of benzene rings is 2. The maximum absolute atomic E-state index is 13.2. The van der Waals surface area contributed by atoms with Gasteiger partial charge in [0, 0.05) is 16.7 Å². The van der Waals surface area contributed by atoms with Crippen molar-refractivity contribution in [1.29, 1.82) is 5.26 Å². The van der Waals surface area contributed by atoms with Gasteiger partial charge in [-0.3, -0.25) is 10.1 Å². The van der Waals surface area contributed by atoms with Crippen LogP contribution in [0.5, 0.6) is 5.75 Å². The molecule has 36 heavy (non-hydrogen) atoms. The van der Waals surface area contributed by atoms with Crippen LogP contribution in [0.25, 0.3) is 32.7 Å². The Kier molecular flexibility index (Phi) is 6.10. The lowest BCUT2D eigenvalue weighted by Crippen LogP contribution is -2.14. The number of fused-ring (bicyclic) bond motifs is 1. The fourth-order valence-corrected chi connectivity index (χ4v) is 5.02. The summed E-state index contributed by atoms with van der Waals surface area (Å²) >= 11 is 1.29. The fraction of sp³-hybridized carbons (Fsp3) is 0.111. The van der Waals surface area contributed by atoms with Gasteiger partial charge in [0.25, 0.3) is 5.91 Å². The fourth-order valence-electron chi connectivity index (χ4n) is 4.19. The minimum absolute atomic E-state index is 0.353. The van der Waals surface area contributed by atoms with Gasteiger partial charge in [0.15, 0.2) is 5.13 Å². The third-order valence-corrected chi connectivity index (χ3v) is 6.65. The van der Waals surface area contributed by atoms with Crippen LogP contribution in [0.4, 0.5) is 5.13 Å². The van der Waals surface area contributed by atoms with Crippen LogP contribution in [-0.2, 0) is 0 Å². The number of amides is 1. The van der Waals surface area contributed by atoms with E-state index in [0.717, 1.165) is 27.9 Å². The number of nitrogens with zero attached hydrogens (tertiary/aromatic N) is 5. The first-order valence-corrected chi connectivity index (χ1v) is 11.8. The molecule has 3 aromatic heterocycles. The molecule has 8 nitrogen and oxygen atoms in total. The Hall–Kier alpha value is -4.68. The third-order valence-electron chi connectivity index (χ3n) is 5.77. The largest absolute Gasteiger partial charge is 0.496 e. The van der Waals surface area contributed by atoms with Crippen molar-refractivity contribution < 1.29 is 9.53 Å². The average Bonchev–Trinajstić information content (AvgIpc) is 3.29. The first-order valence-electron chi connectivity index (χ1n) is 11.0. The summed E-state index contributed by atoms with van der Waals surface area (Å²) in [5, 5.41) is 20.4. The van der Waals surface area contributed by atoms with Crippen LogP contribution >= 0.6 is 11.3 Å². The van der Waals surface area contributed by atoms with Crippen molar-refractivity contribution in [2.24, 2.45) is 0 Å². The zero-order chi connectivity index (χ0) is 25.2. The molecule has 0 unspecified atom stereocenters. The maximum atomic E-state index is 13.2. The summed E-state index contributed by atoms with van der Waals surface area (Å²) in [6.45, 7) is 3.94. The second kappa shape index (κ2) is 9.52. The summed E-state index contributed by atoms with van der Waals surface area (Å²) in [5.74, 6) is 0.272. The van der Waals surface area contributed by atoms with Crippen molar-refractivity contribution in [3.63, 3.8) is 0 Å². The predicted octanol–water partition coefficient (Wildman–Crippen LogP) is 5.56. The number of ether oxygens (including phenoxy) is 1. The number of rotatable bonds is 5. The minimum atomic E-state index is -0.358. The van der Waals surface area contributed by atoms with Crippen LogP contribution in [0.15, 0.2) is 60.9 Å². The van der Waals surface area contributed by atoms with Crippen LogP contribution < -0.4 is 10.1 Å². The van der Waals surface area contributed by atoms with Gasteiger partial charge in [0.2, 0.25) is 0 Å². The lowest BCUT2D eigenvalue weighted by molar-refractivity contribution is 0.102. The Morgan fingerprint density at radius 1 is 1.00 bits per heavy atom. The summed E-state index contributed by atoms with van der Waals surface area (Å²) in [6, 6.07) is 17.1. The number of nitrogens with one attached hydrogen (secondary N) is 1. The molecule has 0 spiro atoms. The molecule has 1 N–H and O–H groups in total. The highest BCUT2D eigenvalue weighted by Gasteiger charge is 2.19. The zero-order valence-corrected chi connectivity index (χ0v) is 20.6. The van der Waals surface area contributed by atoms with Gasteiger partial charge >= 0.3 is 0 Å². The monoisotopic (exact) mass is 492 g/mol. The zero-order valence-electron chi connectivity index (χ0n) is 19.7. The van der Waals surface area contributed by atoms with E-state index in [1.807, 2.05) is 62.4 Å². The van der Waals surface area contributed by atoms with E-state index < -0.39 is 0 Å². The molecule has 0 saturated heterocycles. The molecular weight excluding hydrogens is 472 g/mol. The van der Waals surface area contributed by atoms with Crippen molar-refractivity contribution >= 4 is 32.7 Å². The van der Waals surface area contributed by atoms with Gasteiger partial charge in [-0.05, 0) is 55.3 Å². The van der Waals surface area contributed by atoms with E-state index in [1.165, 1.54) is 17.5 Å². The second-order valence-corrected chi connectivity index (χ2v) is 9.09. The van der Waals surface area contributed by atoms with E-state index in [1.54, 1.807) is 13.3 Å². The summed E-state index contributed by atoms with van der Waals surface area (Å²) in [6.07, 6.45) is 2.97. The molecule has 0 saturated carbocycles. The van der Waals surface area contributed by atoms with Gasteiger partial charge in [-0.15, -0.1) is 0 Å². The van der Waals surface area contributed by atoms with Crippen molar-refractivity contribution in [2.75, 3.05) is 12.4 Å². The topological polar surface area (TPSA) is 114 Å². The van der Waals surface area contributed by atoms with Crippen molar-refractivity contribution in [1.82, 2.24) is 20.2 Å². The van der Waals surface area contributed by atoms with Crippen molar-refractivity contribution in [3.8, 4) is 34.2 Å². The molecule has 5 aromatic rings. The van der Waals surface area contributed by atoms with Crippen molar-refractivity contribution in [2.45, 2.75) is 13.8 Å². The molecule has 0 atom stereocenters. The van der Waals surface area contributed by atoms with Gasteiger partial charge in [0.1, 0.15) is 16.1 Å². The van der Waals surface area contributed by atoms with Gasteiger partial charge in [-0.1, -0.05) is 29.5 Å². The van der Waals surface area contributed by atoms with Crippen LogP contribution in [0, 0.1) is 25.2 Å². The maximum Gasteiger partial charge on any atom is 0.259 e. The molecule has 5 rings (SSSR count). The van der Waals surface area contributed by atoms with Gasteiger partial charge < -0.3 is 4.74 Å². The minimum Gasteiger partial charge on any atom is -0.496 e. The van der Waals surface area contributed by atoms with E-state index in [0.29, 0.717) is 37.9 Å². The van der Waals surface area contributed by atoms with Crippen LogP contribution in [-0.4, -0.2) is 33.2 Å². The number of carbonyl (C=O) groups excluding carboxylic acids is 1. The lowest BCUT2D eigenvalue weighted by atomic mass is 9.97. The smallest absolute Gasteiger partial charge is 0.259 e. The first-order chi connectivity index (χ1) is 17.5. The number of aryl methyl sites for hydroxylation is 2. The molecule has 0 radical (unpaired) electrons. The first kappa shape index (κ1) is 23.1. The Bertz CT molecular complexity index is 1650. The molecule has 9 heteroatoms. The van der Waals surface area contributed by atoms with E-state index >= 15 is 0 Å². The van der Waals surface area contributed by atoms with Gasteiger partial charge in [-0.2, -0.15) is 15.5 Å². The van der Waals surface area contributed by atoms with Gasteiger partial charge in [0.05, 0.1) is 42.4 Å². The normalized spacial score (nSPS) is 10.7. The number of methoxy groups -OCH3 is 1. The van der Waals surface area contributed by atoms with E-state index in [2.05, 4.69) is 26.6 Å². The molecule has 0 fully saturated rings. The van der Waals surface area contributed by atoms with E-state index in [-0.39, 0.29) is 5.91 Å². The number of carbonyl (C=O) groups is 1. The Labute approximate surface area is 211 Å². The van der Waals surface area contributed by atoms with Crippen LogP contribution in [0.1, 0.15) is 27.0 Å². The highest BCUT2D eigenvalue weighted by atomic mass is 32.1. The Balaban J connectivity index is 1.47. The standard InChI is InChI=1S/C27H20N6O2S/c1-15-10-17(12-28)11-16(2)24(15)21-8-9-22-26(31-21)36-27(32-22)33-25(34)20-14-30-29-13-19(20)18-6-4-5-7-23(18)35-3/h4-11,13-14H,1-3H3,(H,32,33,34). The molecule has 0 bridgehead atoms. The Morgan fingerprint density at radius 2 is 1.75 bits per heavy atom. The highest BCUT2D eigenvalue weighted by molar-refractivity contribution is 7.22. The lowest BCUT2D eigenvalue weighted by Gasteiger charge is -2.11. The van der Waals surface area contributed by atoms with Crippen LogP contribution in [0.3, 0.4) is 0 Å². The summed E-state index contributed by atoms with van der Waals surface area (Å²) in [5.41, 5.74) is 6.73. The second-order valence-electron chi connectivity index (χ2n) is 8.11. The quantitative estimate of drug-likeness (QED) is 0.341. The molecular formula is C27H20N6O2S. The molecule has 176 valence electrons. The molecule has 0 aliphatic rings. The molecule has 2 aromatic carbocycles. The summed E-state index contributed by atoms with van der Waals surface area (Å²) < 4.78 is 5.46. The summed E-state index contributed by atoms with van der Waals surface area (Å²) in [4.78, 5) is 23.3. The third kappa shape index (κ3) is 4.26. The number of hydrogen-bond donors (Lipinski definition) is 1. The Morgan fingerprint density at radius 3 is 2.50 bits per heavy atom. The van der Waals surface area contributed by atoms with Crippen molar-refractivity contribution in [3.05, 3.63) is 83.2 Å². The molecule has 3 heterocycles. The van der Waals surface area contributed by atoms with E-state index in [4.69, 9.17) is 9.72 Å². The molecule has 0 aliphatic heterocycles. The highest BCUT2D eigenvalue weighted by Crippen LogP contribution is 2.33. The molecule has 1 amide bonds. The van der Waals surface area contributed by atoms with E-state index in [9.17, 15) is 10.1 Å². The summed E-state index contributed by atoms with van der Waals surface area (Å²) in [7, 11) is 1.58.